The summed E-state index contributed by atoms with van der Waals surface area (Å²) in [7, 11) is 0. The van der Waals surface area contributed by atoms with E-state index in [0.29, 0.717) is 11.1 Å². The molecule has 0 fully saturated rings. The Labute approximate surface area is 155 Å². The highest BCUT2D eigenvalue weighted by molar-refractivity contribution is 6.34. The van der Waals surface area contributed by atoms with Crippen molar-refractivity contribution in [2.24, 2.45) is 0 Å². The number of Topliss-reactive ketones (excluding diaryl/α,β-unsaturated/α-hetero) is 1. The number of benzene rings is 1. The van der Waals surface area contributed by atoms with Crippen LogP contribution in [0.3, 0.4) is 0 Å². The van der Waals surface area contributed by atoms with Gasteiger partial charge in [0.25, 0.3) is 23.6 Å². The van der Waals surface area contributed by atoms with Crippen LogP contribution in [0.25, 0.3) is 0 Å². The van der Waals surface area contributed by atoms with Crippen LogP contribution in [0.4, 0.5) is 11.4 Å². The monoisotopic (exact) mass is 364 g/mol. The van der Waals surface area contributed by atoms with E-state index in [0.717, 1.165) is 22.0 Å². The molecule has 0 saturated heterocycles. The maximum absolute atomic E-state index is 12.7. The number of ketones is 1. The van der Waals surface area contributed by atoms with Crippen LogP contribution in [0.2, 0.25) is 0 Å². The van der Waals surface area contributed by atoms with Gasteiger partial charge in [0.15, 0.2) is 5.78 Å². The number of carbonyl (C=O) groups is 5. The Balaban J connectivity index is 2.16. The molecule has 2 aliphatic heterocycles. The molecule has 0 aromatic heterocycles. The third-order valence-electron chi connectivity index (χ3n) is 4.53. The molecule has 4 amide bonds. The van der Waals surface area contributed by atoms with E-state index in [2.05, 4.69) is 6.58 Å². The first-order chi connectivity index (χ1) is 12.6. The Hall–Kier alpha value is -3.61. The van der Waals surface area contributed by atoms with E-state index in [-0.39, 0.29) is 22.5 Å². The van der Waals surface area contributed by atoms with Crippen molar-refractivity contribution in [1.29, 1.82) is 0 Å². The lowest BCUT2D eigenvalue weighted by Crippen LogP contribution is -2.33. The average molecular weight is 364 g/mol. The Morgan fingerprint density at radius 2 is 1.41 bits per heavy atom. The van der Waals surface area contributed by atoms with E-state index >= 15 is 0 Å². The fourth-order valence-corrected chi connectivity index (χ4v) is 2.89. The van der Waals surface area contributed by atoms with Crippen LogP contribution in [0.1, 0.15) is 31.1 Å². The molecule has 0 aliphatic carbocycles. The summed E-state index contributed by atoms with van der Waals surface area (Å²) in [6.45, 7) is 8.19. The first-order valence-corrected chi connectivity index (χ1v) is 8.11. The standard InChI is InChI=1S/C20H16N2O5/c1-10(2)18(25)14-9-13(21-16(23)7-8-17(21)24)5-6-15(14)22-19(26)11(3)12(4)20(22)27/h5-9H,1H2,2-4H3. The van der Waals surface area contributed by atoms with Gasteiger partial charge in [0, 0.05) is 28.9 Å². The second-order valence-electron chi connectivity index (χ2n) is 6.35. The van der Waals surface area contributed by atoms with Crippen molar-refractivity contribution in [1.82, 2.24) is 0 Å². The molecule has 0 bridgehead atoms. The first kappa shape index (κ1) is 18.2. The van der Waals surface area contributed by atoms with E-state index in [4.69, 9.17) is 0 Å². The molecule has 0 atom stereocenters. The molecule has 0 spiro atoms. The highest BCUT2D eigenvalue weighted by Gasteiger charge is 2.37. The lowest BCUT2D eigenvalue weighted by atomic mass is 10.0. The summed E-state index contributed by atoms with van der Waals surface area (Å²) >= 11 is 0. The molecular weight excluding hydrogens is 348 g/mol. The smallest absolute Gasteiger partial charge is 0.261 e. The zero-order valence-corrected chi connectivity index (χ0v) is 15.0. The second kappa shape index (κ2) is 6.28. The molecule has 0 radical (unpaired) electrons. The van der Waals surface area contributed by atoms with Gasteiger partial charge in [-0.2, -0.15) is 0 Å². The van der Waals surface area contributed by atoms with Crippen molar-refractivity contribution in [2.45, 2.75) is 20.8 Å². The molecule has 1 aromatic carbocycles. The van der Waals surface area contributed by atoms with Gasteiger partial charge in [-0.15, -0.1) is 0 Å². The van der Waals surface area contributed by atoms with Crippen molar-refractivity contribution in [3.8, 4) is 0 Å². The molecule has 7 nitrogen and oxygen atoms in total. The lowest BCUT2D eigenvalue weighted by molar-refractivity contribution is -0.122. The fraction of sp³-hybridized carbons (Fsp3) is 0.150. The van der Waals surface area contributed by atoms with Crippen LogP contribution in [0, 0.1) is 0 Å². The van der Waals surface area contributed by atoms with Crippen LogP contribution in [0.15, 0.2) is 53.6 Å². The number of carbonyl (C=O) groups excluding carboxylic acids is 5. The summed E-state index contributed by atoms with van der Waals surface area (Å²) in [4.78, 5) is 63.3. The van der Waals surface area contributed by atoms with Gasteiger partial charge in [-0.3, -0.25) is 24.0 Å². The quantitative estimate of drug-likeness (QED) is 0.463. The van der Waals surface area contributed by atoms with Gasteiger partial charge in [-0.25, -0.2) is 9.80 Å². The summed E-state index contributed by atoms with van der Waals surface area (Å²) < 4.78 is 0. The van der Waals surface area contributed by atoms with Gasteiger partial charge in [-0.1, -0.05) is 6.58 Å². The molecule has 7 heteroatoms. The van der Waals surface area contributed by atoms with Crippen molar-refractivity contribution < 1.29 is 24.0 Å². The molecule has 3 rings (SSSR count). The summed E-state index contributed by atoms with van der Waals surface area (Å²) in [6, 6.07) is 4.11. The number of anilines is 2. The van der Waals surface area contributed by atoms with E-state index in [1.165, 1.54) is 39.0 Å². The molecule has 27 heavy (non-hydrogen) atoms. The van der Waals surface area contributed by atoms with Crippen LogP contribution in [-0.4, -0.2) is 29.4 Å². The molecule has 2 aliphatic rings. The fourth-order valence-electron chi connectivity index (χ4n) is 2.89. The number of imide groups is 2. The molecule has 0 unspecified atom stereocenters. The Morgan fingerprint density at radius 1 is 0.889 bits per heavy atom. The van der Waals surface area contributed by atoms with Crippen LogP contribution in [-0.2, 0) is 19.2 Å². The van der Waals surface area contributed by atoms with Crippen molar-refractivity contribution in [3.05, 3.63) is 59.2 Å². The predicted molar refractivity (Wildman–Crippen MR) is 98.1 cm³/mol. The average Bonchev–Trinajstić information content (AvgIpc) is 3.06. The van der Waals surface area contributed by atoms with Crippen LogP contribution >= 0.6 is 0 Å². The number of rotatable bonds is 4. The summed E-state index contributed by atoms with van der Waals surface area (Å²) in [5.74, 6) is -2.61. The SMILES string of the molecule is C=C(C)C(=O)c1cc(N2C(=O)C=CC2=O)ccc1N1C(=O)C(C)=C(C)C1=O. The molecular formula is C20H16N2O5. The number of nitrogens with zero attached hydrogens (tertiary/aromatic N) is 2. The molecule has 0 saturated carbocycles. The molecule has 1 aromatic rings. The van der Waals surface area contributed by atoms with Gasteiger partial charge in [-0.05, 0) is 44.5 Å². The molecule has 0 N–H and O–H groups in total. The molecule has 136 valence electrons. The van der Waals surface area contributed by atoms with E-state index in [9.17, 15) is 24.0 Å². The predicted octanol–water partition coefficient (Wildman–Crippen LogP) is 2.08. The molecule has 2 heterocycles. The summed E-state index contributed by atoms with van der Waals surface area (Å²) in [6.07, 6.45) is 2.25. The third kappa shape index (κ3) is 2.73. The van der Waals surface area contributed by atoms with Gasteiger partial charge in [0.05, 0.1) is 11.4 Å². The first-order valence-electron chi connectivity index (χ1n) is 8.11. The maximum atomic E-state index is 12.7. The Kier molecular flexibility index (Phi) is 4.23. The van der Waals surface area contributed by atoms with Gasteiger partial charge >= 0.3 is 0 Å². The van der Waals surface area contributed by atoms with Gasteiger partial charge < -0.3 is 0 Å². The van der Waals surface area contributed by atoms with Crippen molar-refractivity contribution in [3.63, 3.8) is 0 Å². The highest BCUT2D eigenvalue weighted by atomic mass is 16.2. The Morgan fingerprint density at radius 3 is 1.89 bits per heavy atom. The minimum atomic E-state index is -0.539. The Bertz CT molecular complexity index is 987. The van der Waals surface area contributed by atoms with E-state index in [1.807, 2.05) is 0 Å². The number of amides is 4. The van der Waals surface area contributed by atoms with Crippen LogP contribution in [0.5, 0.6) is 0 Å². The highest BCUT2D eigenvalue weighted by Crippen LogP contribution is 2.34. The second-order valence-corrected chi connectivity index (χ2v) is 6.35. The van der Waals surface area contributed by atoms with Crippen LogP contribution < -0.4 is 9.80 Å². The van der Waals surface area contributed by atoms with Gasteiger partial charge in [0.2, 0.25) is 0 Å². The van der Waals surface area contributed by atoms with E-state index < -0.39 is 29.4 Å². The topological polar surface area (TPSA) is 91.8 Å². The minimum absolute atomic E-state index is 0.0108. The zero-order valence-electron chi connectivity index (χ0n) is 15.0. The lowest BCUT2D eigenvalue weighted by Gasteiger charge is -2.21. The third-order valence-corrected chi connectivity index (χ3v) is 4.53. The summed E-state index contributed by atoms with van der Waals surface area (Å²) in [5.41, 5.74) is 1.05. The normalized spacial score (nSPS) is 16.9. The number of hydrogen-bond donors (Lipinski definition) is 0. The van der Waals surface area contributed by atoms with E-state index in [1.54, 1.807) is 0 Å². The van der Waals surface area contributed by atoms with Crippen molar-refractivity contribution >= 4 is 40.8 Å². The maximum Gasteiger partial charge on any atom is 0.261 e. The van der Waals surface area contributed by atoms with Gasteiger partial charge in [0.1, 0.15) is 0 Å². The zero-order chi connectivity index (χ0) is 20.0. The van der Waals surface area contributed by atoms with Crippen molar-refractivity contribution in [2.75, 3.05) is 9.80 Å². The number of hydrogen-bond acceptors (Lipinski definition) is 5. The minimum Gasteiger partial charge on any atom is -0.289 e. The largest absolute Gasteiger partial charge is 0.289 e. The number of allylic oxidation sites excluding steroid dienone is 1. The summed E-state index contributed by atoms with van der Waals surface area (Å²) in [5, 5.41) is 0.